The number of hydrogen-bond donors (Lipinski definition) is 6. The van der Waals surface area contributed by atoms with Gasteiger partial charge in [0.15, 0.2) is 0 Å². The highest BCUT2D eigenvalue weighted by Gasteiger charge is 2.35. The molecular formula is C21H31IN4O6. The molecule has 10 nitrogen and oxygen atoms in total. The van der Waals surface area contributed by atoms with E-state index in [1.807, 2.05) is 24.3 Å². The molecule has 3 amide bonds. The number of nitrogens with one attached hydrogen (secondary N) is 4. The molecule has 0 saturated heterocycles. The lowest BCUT2D eigenvalue weighted by molar-refractivity contribution is -0.126. The zero-order valence-corrected chi connectivity index (χ0v) is 20.5. The molecule has 1 aromatic carbocycles. The Morgan fingerprint density at radius 3 is 2.31 bits per heavy atom. The van der Waals surface area contributed by atoms with Crippen molar-refractivity contribution in [2.45, 2.75) is 64.3 Å². The maximum Gasteiger partial charge on any atom is 0.408 e. The van der Waals surface area contributed by atoms with Gasteiger partial charge >= 0.3 is 12.2 Å². The van der Waals surface area contributed by atoms with Crippen LogP contribution in [0.2, 0.25) is 0 Å². The Morgan fingerprint density at radius 2 is 1.78 bits per heavy atom. The summed E-state index contributed by atoms with van der Waals surface area (Å²) in [6, 6.07) is 5.85. The molecule has 0 spiro atoms. The standard InChI is InChI=1S/C21H31IN4O6/c1-21(2,3)17(25-20(31)32-14-8-9-14)18(28)26-23-11-16(27)15(24-19(29)30)10-12-4-6-13(22)7-5-12/h4-7,14-17,23-24,27H,8-11H2,1-3H3,(H,25,31)(H,26,28)(H,29,30)/t15-,16-,17?/m0/s1. The second-order valence-electron chi connectivity index (χ2n) is 8.87. The number of halogens is 1. The third-order valence-electron chi connectivity index (χ3n) is 4.85. The highest BCUT2D eigenvalue weighted by Crippen LogP contribution is 2.24. The fourth-order valence-corrected chi connectivity index (χ4v) is 3.30. The Bertz CT molecular complexity index is 794. The molecule has 3 atom stereocenters. The molecule has 1 aromatic rings. The lowest BCUT2D eigenvalue weighted by Crippen LogP contribution is -2.58. The van der Waals surface area contributed by atoms with Crippen LogP contribution in [0.3, 0.4) is 0 Å². The van der Waals surface area contributed by atoms with E-state index in [1.165, 1.54) is 0 Å². The number of aliphatic hydroxyl groups is 1. The largest absolute Gasteiger partial charge is 0.465 e. The van der Waals surface area contributed by atoms with Crippen molar-refractivity contribution in [1.29, 1.82) is 0 Å². The molecule has 1 aliphatic rings. The molecule has 1 unspecified atom stereocenters. The second-order valence-corrected chi connectivity index (χ2v) is 10.1. The molecule has 1 saturated carbocycles. The minimum atomic E-state index is -1.25. The van der Waals surface area contributed by atoms with Gasteiger partial charge in [-0.1, -0.05) is 32.9 Å². The topological polar surface area (TPSA) is 149 Å². The molecule has 0 aliphatic heterocycles. The number of amides is 3. The Kier molecular flexibility index (Phi) is 9.52. The SMILES string of the molecule is CC(C)(C)C(NC(=O)OC1CC1)C(=O)NNC[C@H](O)[C@H](Cc1ccc(I)cc1)NC(=O)O. The zero-order valence-electron chi connectivity index (χ0n) is 18.4. The van der Waals surface area contributed by atoms with Crippen LogP contribution in [0.15, 0.2) is 24.3 Å². The van der Waals surface area contributed by atoms with Crippen LogP contribution in [0, 0.1) is 8.99 Å². The molecule has 32 heavy (non-hydrogen) atoms. The monoisotopic (exact) mass is 562 g/mol. The summed E-state index contributed by atoms with van der Waals surface area (Å²) < 4.78 is 6.20. The van der Waals surface area contributed by atoms with Gasteiger partial charge in [0.1, 0.15) is 12.1 Å². The summed E-state index contributed by atoms with van der Waals surface area (Å²) in [6.45, 7) is 5.30. The van der Waals surface area contributed by atoms with Crippen LogP contribution in [0.4, 0.5) is 9.59 Å². The third-order valence-corrected chi connectivity index (χ3v) is 5.57. The summed E-state index contributed by atoms with van der Waals surface area (Å²) in [6.07, 6.45) is -1.18. The fraction of sp³-hybridized carbons (Fsp3) is 0.571. The number of carbonyl (C=O) groups excluding carboxylic acids is 2. The Hall–Kier alpha value is -2.12. The highest BCUT2D eigenvalue weighted by atomic mass is 127. The normalized spacial score (nSPS) is 16.4. The van der Waals surface area contributed by atoms with E-state index in [0.717, 1.165) is 22.0 Å². The summed E-state index contributed by atoms with van der Waals surface area (Å²) >= 11 is 2.17. The summed E-state index contributed by atoms with van der Waals surface area (Å²) in [5, 5.41) is 24.5. The van der Waals surface area contributed by atoms with Crippen LogP contribution in [0.25, 0.3) is 0 Å². The summed E-state index contributed by atoms with van der Waals surface area (Å²) in [7, 11) is 0. The van der Waals surface area contributed by atoms with Crippen LogP contribution < -0.4 is 21.5 Å². The van der Waals surface area contributed by atoms with Gasteiger partial charge in [0, 0.05) is 10.1 Å². The second kappa shape index (κ2) is 11.7. The lowest BCUT2D eigenvalue weighted by Gasteiger charge is -2.30. The number of ether oxygens (including phenoxy) is 1. The minimum Gasteiger partial charge on any atom is -0.465 e. The van der Waals surface area contributed by atoms with Gasteiger partial charge in [-0.3, -0.25) is 10.2 Å². The molecule has 6 N–H and O–H groups in total. The van der Waals surface area contributed by atoms with Crippen molar-refractivity contribution in [2.24, 2.45) is 5.41 Å². The number of hydrogen-bond acceptors (Lipinski definition) is 6. The van der Waals surface area contributed by atoms with Crippen molar-refractivity contribution in [2.75, 3.05) is 6.54 Å². The Balaban J connectivity index is 1.90. The molecular weight excluding hydrogens is 531 g/mol. The van der Waals surface area contributed by atoms with Crippen molar-refractivity contribution in [3.8, 4) is 0 Å². The molecule has 1 aliphatic carbocycles. The number of aliphatic hydroxyl groups excluding tert-OH is 1. The smallest absolute Gasteiger partial charge is 0.408 e. The van der Waals surface area contributed by atoms with Gasteiger partial charge in [-0.15, -0.1) is 0 Å². The van der Waals surface area contributed by atoms with Crippen LogP contribution in [0.5, 0.6) is 0 Å². The van der Waals surface area contributed by atoms with Crippen LogP contribution >= 0.6 is 22.6 Å². The summed E-state index contributed by atoms with van der Waals surface area (Å²) in [5.41, 5.74) is 5.38. The number of benzene rings is 1. The van der Waals surface area contributed by atoms with E-state index < -0.39 is 41.7 Å². The Labute approximate surface area is 201 Å². The van der Waals surface area contributed by atoms with Crippen molar-refractivity contribution < 1.29 is 29.3 Å². The van der Waals surface area contributed by atoms with Crippen molar-refractivity contribution in [1.82, 2.24) is 21.5 Å². The molecule has 0 aromatic heterocycles. The predicted octanol–water partition coefficient (Wildman–Crippen LogP) is 1.75. The number of rotatable bonds is 10. The number of carbonyl (C=O) groups is 3. The van der Waals surface area contributed by atoms with E-state index in [-0.39, 0.29) is 19.1 Å². The van der Waals surface area contributed by atoms with Gasteiger partial charge in [0.2, 0.25) is 0 Å². The molecule has 0 heterocycles. The molecule has 2 rings (SSSR count). The van der Waals surface area contributed by atoms with Gasteiger partial charge in [0.25, 0.3) is 5.91 Å². The Morgan fingerprint density at radius 1 is 1.16 bits per heavy atom. The van der Waals surface area contributed by atoms with Crippen LogP contribution in [0.1, 0.15) is 39.2 Å². The van der Waals surface area contributed by atoms with E-state index >= 15 is 0 Å². The highest BCUT2D eigenvalue weighted by molar-refractivity contribution is 14.1. The van der Waals surface area contributed by atoms with Crippen molar-refractivity contribution in [3.05, 3.63) is 33.4 Å². The molecule has 1 fully saturated rings. The first-order valence-electron chi connectivity index (χ1n) is 10.4. The maximum atomic E-state index is 12.6. The predicted molar refractivity (Wildman–Crippen MR) is 126 cm³/mol. The zero-order chi connectivity index (χ0) is 23.9. The van der Waals surface area contributed by atoms with Crippen molar-refractivity contribution in [3.63, 3.8) is 0 Å². The van der Waals surface area contributed by atoms with E-state index in [9.17, 15) is 19.5 Å². The van der Waals surface area contributed by atoms with Crippen LogP contribution in [-0.2, 0) is 16.0 Å². The van der Waals surface area contributed by atoms with Gasteiger partial charge < -0.3 is 25.6 Å². The summed E-state index contributed by atoms with van der Waals surface area (Å²) in [5.74, 6) is -0.502. The quantitative estimate of drug-likeness (QED) is 0.188. The average molecular weight is 562 g/mol. The van der Waals surface area contributed by atoms with Gasteiger partial charge in [-0.25, -0.2) is 15.0 Å². The molecule has 0 radical (unpaired) electrons. The van der Waals surface area contributed by atoms with E-state index in [0.29, 0.717) is 0 Å². The number of carboxylic acid groups (broad SMARTS) is 1. The first-order chi connectivity index (χ1) is 15.0. The van der Waals surface area contributed by atoms with Crippen molar-refractivity contribution >= 4 is 40.7 Å². The maximum absolute atomic E-state index is 12.6. The van der Waals surface area contributed by atoms with E-state index in [2.05, 4.69) is 44.1 Å². The number of alkyl carbamates (subject to hydrolysis) is 1. The van der Waals surface area contributed by atoms with Gasteiger partial charge in [0.05, 0.1) is 12.1 Å². The molecule has 0 bridgehead atoms. The van der Waals surface area contributed by atoms with Gasteiger partial charge in [-0.2, -0.15) is 0 Å². The molecule has 11 heteroatoms. The number of hydrazine groups is 1. The van der Waals surface area contributed by atoms with E-state index in [4.69, 9.17) is 9.84 Å². The fourth-order valence-electron chi connectivity index (χ4n) is 2.94. The molecule has 178 valence electrons. The summed E-state index contributed by atoms with van der Waals surface area (Å²) in [4.78, 5) is 35.8. The van der Waals surface area contributed by atoms with Crippen LogP contribution in [-0.4, -0.2) is 59.1 Å². The third kappa shape index (κ3) is 9.17. The first kappa shape index (κ1) is 26.1. The van der Waals surface area contributed by atoms with E-state index in [1.54, 1.807) is 20.8 Å². The van der Waals surface area contributed by atoms with Gasteiger partial charge in [-0.05, 0) is 65.0 Å². The minimum absolute atomic E-state index is 0.0845. The average Bonchev–Trinajstić information content (AvgIpc) is 3.49. The lowest BCUT2D eigenvalue weighted by atomic mass is 9.86. The first-order valence-corrected chi connectivity index (χ1v) is 11.5.